The van der Waals surface area contributed by atoms with E-state index in [4.69, 9.17) is 5.10 Å². The molecule has 0 amide bonds. The highest BCUT2D eigenvalue weighted by atomic mass is 15.3. The van der Waals surface area contributed by atoms with Crippen molar-refractivity contribution in [2.45, 2.75) is 45.6 Å². The van der Waals surface area contributed by atoms with Crippen LogP contribution in [0.4, 0.5) is 5.69 Å². The van der Waals surface area contributed by atoms with E-state index in [1.54, 1.807) is 0 Å². The lowest BCUT2D eigenvalue weighted by Crippen LogP contribution is -2.36. The number of rotatable bonds is 2. The molecule has 5 rings (SSSR count). The molecule has 0 spiro atoms. The van der Waals surface area contributed by atoms with Gasteiger partial charge in [0.15, 0.2) is 5.82 Å². The molecule has 3 heterocycles. The first-order valence-electron chi connectivity index (χ1n) is 10.1. The molecule has 0 bridgehead atoms. The molecule has 1 aliphatic heterocycles. The van der Waals surface area contributed by atoms with Crippen molar-refractivity contribution in [3.63, 3.8) is 0 Å². The Morgan fingerprint density at radius 2 is 1.90 bits per heavy atom. The number of hydrogen-bond donors (Lipinski definition) is 1. The van der Waals surface area contributed by atoms with Gasteiger partial charge in [-0.05, 0) is 56.4 Å². The van der Waals surface area contributed by atoms with Gasteiger partial charge in [0.1, 0.15) is 0 Å². The van der Waals surface area contributed by atoms with Gasteiger partial charge in [-0.15, -0.1) is 5.10 Å². The summed E-state index contributed by atoms with van der Waals surface area (Å²) in [5.74, 6) is 1.83. The van der Waals surface area contributed by atoms with Crippen LogP contribution in [0.5, 0.6) is 0 Å². The van der Waals surface area contributed by atoms with E-state index < -0.39 is 0 Å². The zero-order chi connectivity index (χ0) is 20.2. The van der Waals surface area contributed by atoms with E-state index in [0.29, 0.717) is 17.5 Å². The zero-order valence-electron chi connectivity index (χ0n) is 17.3. The summed E-state index contributed by atoms with van der Waals surface area (Å²) in [6.07, 6.45) is 2.94. The molecule has 0 radical (unpaired) electrons. The minimum Gasteiger partial charge on any atom is -0.380 e. The highest BCUT2D eigenvalue weighted by molar-refractivity contribution is 5.74. The SMILES string of the molecule is Cc1cc2c(cc1-c1ccnc3nc(-c4ccccc4)nn13)NC(C)(C)C[C@H]2C. The van der Waals surface area contributed by atoms with Gasteiger partial charge in [-0.3, -0.25) is 0 Å². The molecule has 2 aromatic carbocycles. The van der Waals surface area contributed by atoms with Gasteiger partial charge >= 0.3 is 0 Å². The van der Waals surface area contributed by atoms with Crippen molar-refractivity contribution in [3.05, 3.63) is 65.9 Å². The van der Waals surface area contributed by atoms with Gasteiger partial charge in [-0.2, -0.15) is 9.50 Å². The third-order valence-corrected chi connectivity index (χ3v) is 5.77. The smallest absolute Gasteiger partial charge is 0.253 e. The molecule has 29 heavy (non-hydrogen) atoms. The second-order valence-electron chi connectivity index (χ2n) is 8.71. The molecule has 0 saturated heterocycles. The molecule has 146 valence electrons. The number of aromatic nitrogens is 4. The van der Waals surface area contributed by atoms with Crippen LogP contribution in [0.3, 0.4) is 0 Å². The summed E-state index contributed by atoms with van der Waals surface area (Å²) < 4.78 is 1.86. The molecule has 5 heteroatoms. The van der Waals surface area contributed by atoms with Crippen LogP contribution in [0.15, 0.2) is 54.7 Å². The summed E-state index contributed by atoms with van der Waals surface area (Å²) >= 11 is 0. The Kier molecular flexibility index (Phi) is 3.95. The van der Waals surface area contributed by atoms with Crippen LogP contribution >= 0.6 is 0 Å². The van der Waals surface area contributed by atoms with Crippen LogP contribution in [0.25, 0.3) is 28.4 Å². The Labute approximate surface area is 170 Å². The highest BCUT2D eigenvalue weighted by Gasteiger charge is 2.30. The summed E-state index contributed by atoms with van der Waals surface area (Å²) in [5.41, 5.74) is 7.06. The normalized spacial score (nSPS) is 17.7. The van der Waals surface area contributed by atoms with Gasteiger partial charge in [-0.25, -0.2) is 4.98 Å². The van der Waals surface area contributed by atoms with Crippen LogP contribution in [-0.4, -0.2) is 25.1 Å². The Morgan fingerprint density at radius 3 is 2.69 bits per heavy atom. The Bertz CT molecular complexity index is 1210. The summed E-state index contributed by atoms with van der Waals surface area (Å²) in [6.45, 7) is 9.01. The summed E-state index contributed by atoms with van der Waals surface area (Å²) in [5, 5.41) is 8.50. The average Bonchev–Trinajstić information content (AvgIpc) is 3.13. The van der Waals surface area contributed by atoms with Crippen molar-refractivity contribution in [2.24, 2.45) is 0 Å². The van der Waals surface area contributed by atoms with Gasteiger partial charge in [-0.1, -0.05) is 43.3 Å². The quantitative estimate of drug-likeness (QED) is 0.499. The third-order valence-electron chi connectivity index (χ3n) is 5.77. The van der Waals surface area contributed by atoms with Crippen molar-refractivity contribution < 1.29 is 0 Å². The number of anilines is 1. The summed E-state index contributed by atoms with van der Waals surface area (Å²) in [7, 11) is 0. The van der Waals surface area contributed by atoms with Gasteiger partial charge in [0.2, 0.25) is 0 Å². The molecule has 5 nitrogen and oxygen atoms in total. The first-order chi connectivity index (χ1) is 13.9. The highest BCUT2D eigenvalue weighted by Crippen LogP contribution is 2.41. The largest absolute Gasteiger partial charge is 0.380 e. The summed E-state index contributed by atoms with van der Waals surface area (Å²) in [4.78, 5) is 9.09. The van der Waals surface area contributed by atoms with Crippen molar-refractivity contribution in [2.75, 3.05) is 5.32 Å². The topological polar surface area (TPSA) is 55.1 Å². The maximum atomic E-state index is 4.78. The van der Waals surface area contributed by atoms with E-state index in [2.05, 4.69) is 55.1 Å². The molecule has 0 saturated carbocycles. The number of aryl methyl sites for hydroxylation is 1. The van der Waals surface area contributed by atoms with E-state index in [1.807, 2.05) is 47.1 Å². The molecule has 1 atom stereocenters. The van der Waals surface area contributed by atoms with Gasteiger partial charge in [0.25, 0.3) is 5.78 Å². The first-order valence-corrected chi connectivity index (χ1v) is 10.1. The predicted octanol–water partition coefficient (Wildman–Crippen LogP) is 5.46. The van der Waals surface area contributed by atoms with Crippen LogP contribution in [-0.2, 0) is 0 Å². The van der Waals surface area contributed by atoms with Crippen molar-refractivity contribution in [1.29, 1.82) is 0 Å². The molecular weight excluding hydrogens is 358 g/mol. The monoisotopic (exact) mass is 383 g/mol. The third kappa shape index (κ3) is 3.07. The minimum atomic E-state index is 0.0836. The number of nitrogens with one attached hydrogen (secondary N) is 1. The van der Waals surface area contributed by atoms with Crippen LogP contribution in [0.1, 0.15) is 44.2 Å². The molecular formula is C24H25N5. The molecule has 0 unspecified atom stereocenters. The average molecular weight is 383 g/mol. The molecule has 2 aromatic heterocycles. The fraction of sp³-hybridized carbons (Fsp3) is 0.292. The van der Waals surface area contributed by atoms with E-state index in [0.717, 1.165) is 23.2 Å². The first kappa shape index (κ1) is 17.9. The van der Waals surface area contributed by atoms with E-state index in [9.17, 15) is 0 Å². The Morgan fingerprint density at radius 1 is 1.10 bits per heavy atom. The predicted molar refractivity (Wildman–Crippen MR) is 117 cm³/mol. The van der Waals surface area contributed by atoms with E-state index in [1.165, 1.54) is 16.8 Å². The van der Waals surface area contributed by atoms with E-state index in [-0.39, 0.29) is 5.54 Å². The lowest BCUT2D eigenvalue weighted by Gasteiger charge is -2.38. The van der Waals surface area contributed by atoms with Crippen LogP contribution < -0.4 is 5.32 Å². The zero-order valence-corrected chi connectivity index (χ0v) is 17.3. The standard InChI is InChI=1S/C24H25N5/c1-15-12-18-16(2)14-24(3,4)27-20(18)13-19(15)21-10-11-25-23-26-22(28-29(21)23)17-8-6-5-7-9-17/h5-13,16,27H,14H2,1-4H3/t16-/m1/s1. The van der Waals surface area contributed by atoms with Gasteiger partial charge in [0.05, 0.1) is 5.69 Å². The van der Waals surface area contributed by atoms with Crippen LogP contribution in [0.2, 0.25) is 0 Å². The second-order valence-corrected chi connectivity index (χ2v) is 8.71. The van der Waals surface area contributed by atoms with E-state index >= 15 is 0 Å². The second kappa shape index (κ2) is 6.41. The van der Waals surface area contributed by atoms with Crippen molar-refractivity contribution in [3.8, 4) is 22.6 Å². The van der Waals surface area contributed by atoms with Crippen molar-refractivity contribution in [1.82, 2.24) is 19.6 Å². The number of fused-ring (bicyclic) bond motifs is 2. The fourth-order valence-corrected chi connectivity index (χ4v) is 4.52. The number of nitrogens with zero attached hydrogens (tertiary/aromatic N) is 4. The molecule has 1 aliphatic rings. The van der Waals surface area contributed by atoms with Crippen molar-refractivity contribution >= 4 is 11.5 Å². The van der Waals surface area contributed by atoms with Crippen LogP contribution in [0, 0.1) is 6.92 Å². The lowest BCUT2D eigenvalue weighted by atomic mass is 9.80. The molecule has 4 aromatic rings. The maximum absolute atomic E-state index is 4.78. The summed E-state index contributed by atoms with van der Waals surface area (Å²) in [6, 6.07) is 16.6. The van der Waals surface area contributed by atoms with Gasteiger partial charge < -0.3 is 5.32 Å². The minimum absolute atomic E-state index is 0.0836. The molecule has 0 aliphatic carbocycles. The molecule has 1 N–H and O–H groups in total. The Hall–Kier alpha value is -3.21. The molecule has 0 fully saturated rings. The maximum Gasteiger partial charge on any atom is 0.253 e. The number of benzene rings is 2. The number of hydrogen-bond acceptors (Lipinski definition) is 4. The fourth-order valence-electron chi connectivity index (χ4n) is 4.52. The Balaban J connectivity index is 1.67. The lowest BCUT2D eigenvalue weighted by molar-refractivity contribution is 0.454. The van der Waals surface area contributed by atoms with Gasteiger partial charge in [0, 0.05) is 28.6 Å².